The molecule has 0 aliphatic carbocycles. The van der Waals surface area contributed by atoms with E-state index in [1.807, 2.05) is 18.2 Å². The number of benzene rings is 1. The Labute approximate surface area is 110 Å². The van der Waals surface area contributed by atoms with Gasteiger partial charge in [-0.1, -0.05) is 12.1 Å². The number of fused-ring (bicyclic) bond motifs is 1. The molecule has 2 N–H and O–H groups in total. The van der Waals surface area contributed by atoms with E-state index in [4.69, 9.17) is 5.73 Å². The minimum atomic E-state index is -0.974. The summed E-state index contributed by atoms with van der Waals surface area (Å²) in [5, 5.41) is 0. The van der Waals surface area contributed by atoms with Crippen LogP contribution in [0.2, 0.25) is 0 Å². The summed E-state index contributed by atoms with van der Waals surface area (Å²) in [4.78, 5) is 36.6. The predicted molar refractivity (Wildman–Crippen MR) is 69.2 cm³/mol. The maximum atomic E-state index is 11.6. The maximum Gasteiger partial charge on any atom is 0.311 e. The number of rotatable bonds is 2. The monoisotopic (exact) mass is 261 g/mol. The van der Waals surface area contributed by atoms with E-state index >= 15 is 0 Å². The highest BCUT2D eigenvalue weighted by molar-refractivity contribution is 6.34. The average Bonchev–Trinajstić information content (AvgIpc) is 2.63. The first-order chi connectivity index (χ1) is 8.90. The molecule has 3 amide bonds. The van der Waals surface area contributed by atoms with Gasteiger partial charge in [0.2, 0.25) is 5.91 Å². The number of anilines is 1. The highest BCUT2D eigenvalue weighted by atomic mass is 16.2. The lowest BCUT2D eigenvalue weighted by atomic mass is 10.1. The molecule has 0 saturated carbocycles. The molecule has 2 rings (SSSR count). The number of nitrogens with zero attached hydrogens (tertiary/aromatic N) is 2. The van der Waals surface area contributed by atoms with Gasteiger partial charge in [-0.15, -0.1) is 0 Å². The molecule has 0 atom stereocenters. The van der Waals surface area contributed by atoms with Crippen molar-refractivity contribution in [3.05, 3.63) is 29.3 Å². The fourth-order valence-electron chi connectivity index (χ4n) is 2.16. The summed E-state index contributed by atoms with van der Waals surface area (Å²) in [6.45, 7) is 0.285. The molecule has 1 aliphatic rings. The van der Waals surface area contributed by atoms with Crippen molar-refractivity contribution in [1.29, 1.82) is 0 Å². The summed E-state index contributed by atoms with van der Waals surface area (Å²) in [7, 11) is 3.24. The van der Waals surface area contributed by atoms with Gasteiger partial charge in [-0.05, 0) is 17.2 Å². The molecule has 6 nitrogen and oxygen atoms in total. The van der Waals surface area contributed by atoms with Gasteiger partial charge in [0.25, 0.3) is 0 Å². The molecule has 0 saturated heterocycles. The van der Waals surface area contributed by atoms with Gasteiger partial charge in [0.15, 0.2) is 0 Å². The van der Waals surface area contributed by atoms with E-state index in [1.54, 1.807) is 11.9 Å². The van der Waals surface area contributed by atoms with E-state index < -0.39 is 11.8 Å². The number of amides is 3. The van der Waals surface area contributed by atoms with Gasteiger partial charge in [0.1, 0.15) is 0 Å². The van der Waals surface area contributed by atoms with Crippen LogP contribution in [0.5, 0.6) is 0 Å². The molecule has 0 unspecified atom stereocenters. The molecule has 0 bridgehead atoms. The topological polar surface area (TPSA) is 83.7 Å². The number of nitrogens with two attached hydrogens (primary N) is 1. The molecule has 0 spiro atoms. The van der Waals surface area contributed by atoms with Crippen LogP contribution in [0.1, 0.15) is 11.1 Å². The average molecular weight is 261 g/mol. The first-order valence-electron chi connectivity index (χ1n) is 5.83. The van der Waals surface area contributed by atoms with Gasteiger partial charge >= 0.3 is 11.8 Å². The Morgan fingerprint density at radius 1 is 1.42 bits per heavy atom. The molecule has 0 aromatic heterocycles. The molecule has 1 aromatic carbocycles. The molecule has 6 heteroatoms. The number of carbonyl (C=O) groups is 3. The van der Waals surface area contributed by atoms with Gasteiger partial charge < -0.3 is 15.5 Å². The Morgan fingerprint density at radius 3 is 2.74 bits per heavy atom. The molecule has 1 aliphatic heterocycles. The van der Waals surface area contributed by atoms with Crippen molar-refractivity contribution < 1.29 is 14.4 Å². The Kier molecular flexibility index (Phi) is 3.25. The SMILES string of the molecule is CN(Cc1ccc2c(c1)CC(=O)N2C)C(=O)C(N)=O. The largest absolute Gasteiger partial charge is 0.361 e. The zero-order valence-corrected chi connectivity index (χ0v) is 10.8. The summed E-state index contributed by atoms with van der Waals surface area (Å²) in [5.74, 6) is -1.65. The maximum absolute atomic E-state index is 11.6. The lowest BCUT2D eigenvalue weighted by molar-refractivity contribution is -0.143. The first-order valence-corrected chi connectivity index (χ1v) is 5.83. The second-order valence-corrected chi connectivity index (χ2v) is 4.62. The van der Waals surface area contributed by atoms with Crippen molar-refractivity contribution >= 4 is 23.4 Å². The summed E-state index contributed by atoms with van der Waals surface area (Å²) in [5.41, 5.74) is 7.62. The zero-order chi connectivity index (χ0) is 14.2. The highest BCUT2D eigenvalue weighted by Crippen LogP contribution is 2.28. The van der Waals surface area contributed by atoms with Crippen LogP contribution in [0.4, 0.5) is 5.69 Å². The predicted octanol–water partition coefficient (Wildman–Crippen LogP) is -0.351. The second-order valence-electron chi connectivity index (χ2n) is 4.62. The Hall–Kier alpha value is -2.37. The Morgan fingerprint density at radius 2 is 2.11 bits per heavy atom. The van der Waals surface area contributed by atoms with Crippen LogP contribution < -0.4 is 10.6 Å². The summed E-state index contributed by atoms with van der Waals surface area (Å²) >= 11 is 0. The fourth-order valence-corrected chi connectivity index (χ4v) is 2.16. The molecule has 100 valence electrons. The lowest BCUT2D eigenvalue weighted by Crippen LogP contribution is -2.37. The minimum Gasteiger partial charge on any atom is -0.361 e. The molecular weight excluding hydrogens is 246 g/mol. The zero-order valence-electron chi connectivity index (χ0n) is 10.8. The number of likely N-dealkylation sites (N-methyl/N-ethyl adjacent to an activating group) is 2. The second kappa shape index (κ2) is 4.72. The normalized spacial score (nSPS) is 13.4. The molecule has 0 radical (unpaired) electrons. The highest BCUT2D eigenvalue weighted by Gasteiger charge is 2.24. The van der Waals surface area contributed by atoms with Crippen LogP contribution in [-0.2, 0) is 27.3 Å². The van der Waals surface area contributed by atoms with Crippen LogP contribution in [0.25, 0.3) is 0 Å². The van der Waals surface area contributed by atoms with E-state index in [1.165, 1.54) is 11.9 Å². The Balaban J connectivity index is 2.16. The molecular formula is C13H15N3O3. The van der Waals surface area contributed by atoms with E-state index in [-0.39, 0.29) is 12.5 Å². The summed E-state index contributed by atoms with van der Waals surface area (Å²) in [6, 6.07) is 5.55. The van der Waals surface area contributed by atoms with E-state index in [0.29, 0.717) is 6.42 Å². The van der Waals surface area contributed by atoms with Crippen LogP contribution in [0.3, 0.4) is 0 Å². The van der Waals surface area contributed by atoms with Crippen LogP contribution in [-0.4, -0.2) is 36.7 Å². The van der Waals surface area contributed by atoms with E-state index in [2.05, 4.69) is 0 Å². The van der Waals surface area contributed by atoms with E-state index in [0.717, 1.165) is 16.8 Å². The van der Waals surface area contributed by atoms with Gasteiger partial charge in [-0.25, -0.2) is 0 Å². The van der Waals surface area contributed by atoms with Crippen molar-refractivity contribution in [3.63, 3.8) is 0 Å². The van der Waals surface area contributed by atoms with Crippen molar-refractivity contribution in [2.45, 2.75) is 13.0 Å². The summed E-state index contributed by atoms with van der Waals surface area (Å²) in [6.07, 6.45) is 0.368. The Bertz CT molecular complexity index is 568. The van der Waals surface area contributed by atoms with Crippen LogP contribution >= 0.6 is 0 Å². The summed E-state index contributed by atoms with van der Waals surface area (Å²) < 4.78 is 0. The third-order valence-electron chi connectivity index (χ3n) is 3.20. The molecule has 1 aromatic rings. The standard InChI is InChI=1S/C13H15N3O3/c1-15(13(19)12(14)18)7-8-3-4-10-9(5-8)6-11(17)16(10)2/h3-5H,6-7H2,1-2H3,(H2,14,18). The van der Waals surface area contributed by atoms with Gasteiger partial charge in [0.05, 0.1) is 6.42 Å². The van der Waals surface area contributed by atoms with E-state index in [9.17, 15) is 14.4 Å². The number of hydrogen-bond acceptors (Lipinski definition) is 3. The first kappa shape index (κ1) is 13.1. The quantitative estimate of drug-likeness (QED) is 0.738. The lowest BCUT2D eigenvalue weighted by Gasteiger charge is -2.16. The number of hydrogen-bond donors (Lipinski definition) is 1. The van der Waals surface area contributed by atoms with Crippen LogP contribution in [0.15, 0.2) is 18.2 Å². The smallest absolute Gasteiger partial charge is 0.311 e. The van der Waals surface area contributed by atoms with Crippen LogP contribution in [0, 0.1) is 0 Å². The molecule has 19 heavy (non-hydrogen) atoms. The van der Waals surface area contributed by atoms with Gasteiger partial charge in [-0.2, -0.15) is 0 Å². The third kappa shape index (κ3) is 2.42. The van der Waals surface area contributed by atoms with Crippen molar-refractivity contribution in [2.24, 2.45) is 5.73 Å². The fraction of sp³-hybridized carbons (Fsp3) is 0.308. The molecule has 0 fully saturated rings. The third-order valence-corrected chi connectivity index (χ3v) is 3.20. The van der Waals surface area contributed by atoms with Crippen molar-refractivity contribution in [1.82, 2.24) is 4.90 Å². The van der Waals surface area contributed by atoms with Crippen molar-refractivity contribution in [3.8, 4) is 0 Å². The molecule has 1 heterocycles. The minimum absolute atomic E-state index is 0.0497. The number of primary amides is 1. The van der Waals surface area contributed by atoms with Gasteiger partial charge in [-0.3, -0.25) is 14.4 Å². The number of carbonyl (C=O) groups excluding carboxylic acids is 3. The van der Waals surface area contributed by atoms with Crippen molar-refractivity contribution in [2.75, 3.05) is 19.0 Å². The van der Waals surface area contributed by atoms with Gasteiger partial charge in [0, 0.05) is 26.3 Å².